The zero-order valence-electron chi connectivity index (χ0n) is 9.99. The lowest BCUT2D eigenvalue weighted by Crippen LogP contribution is -2.13. The Bertz CT molecular complexity index is 243. The predicted octanol–water partition coefficient (Wildman–Crippen LogP) is 0.274. The molecule has 16 heavy (non-hydrogen) atoms. The number of rotatable bonds is 0. The standard InChI is InChI=1S/C4H5NO2.C4H8O.C3H6O/c6-3-1-4(7)5-2-3;1-3-4(2)5-3;1-3-2-4-3/h1-2H2,(H,5,7);3-4H,1-2H3;3H,2H2,1H3. The summed E-state index contributed by atoms with van der Waals surface area (Å²) in [5.74, 6) is -0.157. The van der Waals surface area contributed by atoms with Gasteiger partial charge in [0, 0.05) is 0 Å². The summed E-state index contributed by atoms with van der Waals surface area (Å²) in [6.07, 6.45) is 1.77. The van der Waals surface area contributed by atoms with Crippen molar-refractivity contribution in [2.24, 2.45) is 0 Å². The topological polar surface area (TPSA) is 71.2 Å². The van der Waals surface area contributed by atoms with E-state index in [1.807, 2.05) is 0 Å². The quantitative estimate of drug-likeness (QED) is 0.478. The van der Waals surface area contributed by atoms with E-state index in [-0.39, 0.29) is 24.7 Å². The van der Waals surface area contributed by atoms with Gasteiger partial charge in [-0.15, -0.1) is 0 Å². The van der Waals surface area contributed by atoms with Crippen LogP contribution in [0.1, 0.15) is 27.2 Å². The Hall–Kier alpha value is -0.940. The molecule has 5 heteroatoms. The number of hydrogen-bond acceptors (Lipinski definition) is 4. The van der Waals surface area contributed by atoms with Gasteiger partial charge in [0.05, 0.1) is 37.9 Å². The average Bonchev–Trinajstić information content (AvgIpc) is 3.07. The molecule has 0 saturated carbocycles. The molecule has 0 aromatic heterocycles. The minimum atomic E-state index is -0.148. The molecule has 0 aromatic carbocycles. The highest BCUT2D eigenvalue weighted by atomic mass is 16.6. The molecule has 5 nitrogen and oxygen atoms in total. The Balaban J connectivity index is 0.000000125. The molecule has 0 radical (unpaired) electrons. The highest BCUT2D eigenvalue weighted by Crippen LogP contribution is 2.18. The highest BCUT2D eigenvalue weighted by Gasteiger charge is 2.27. The average molecular weight is 229 g/mol. The molecule has 0 aromatic rings. The summed E-state index contributed by atoms with van der Waals surface area (Å²) in [5, 5.41) is 2.38. The first-order valence-corrected chi connectivity index (χ1v) is 5.54. The van der Waals surface area contributed by atoms with E-state index in [0.717, 1.165) is 6.61 Å². The van der Waals surface area contributed by atoms with Crippen molar-refractivity contribution in [2.75, 3.05) is 13.2 Å². The Morgan fingerprint density at radius 2 is 1.62 bits per heavy atom. The molecule has 0 bridgehead atoms. The van der Waals surface area contributed by atoms with E-state index in [1.165, 1.54) is 0 Å². The second kappa shape index (κ2) is 5.96. The number of ether oxygens (including phenoxy) is 2. The molecule has 0 aliphatic carbocycles. The second-order valence-electron chi connectivity index (χ2n) is 4.18. The lowest BCUT2D eigenvalue weighted by Gasteiger charge is -1.78. The molecule has 3 heterocycles. The van der Waals surface area contributed by atoms with Crippen LogP contribution in [0.3, 0.4) is 0 Å². The summed E-state index contributed by atoms with van der Waals surface area (Å²) in [4.78, 5) is 20.3. The molecule has 92 valence electrons. The van der Waals surface area contributed by atoms with Crippen LogP contribution in [0.5, 0.6) is 0 Å². The molecule has 3 rings (SSSR count). The number of nitrogens with one attached hydrogen (secondary N) is 1. The van der Waals surface area contributed by atoms with E-state index < -0.39 is 0 Å². The molecule has 3 atom stereocenters. The zero-order chi connectivity index (χ0) is 12.1. The lowest BCUT2D eigenvalue weighted by atomic mass is 10.3. The van der Waals surface area contributed by atoms with Gasteiger partial charge in [-0.1, -0.05) is 0 Å². The van der Waals surface area contributed by atoms with Gasteiger partial charge in [-0.3, -0.25) is 9.59 Å². The fourth-order valence-corrected chi connectivity index (χ4v) is 0.891. The van der Waals surface area contributed by atoms with Crippen LogP contribution in [0, 0.1) is 0 Å². The van der Waals surface area contributed by atoms with Crippen molar-refractivity contribution in [1.29, 1.82) is 0 Å². The first-order valence-electron chi connectivity index (χ1n) is 5.54. The molecule has 3 unspecified atom stereocenters. The normalized spacial score (nSPS) is 34.1. The van der Waals surface area contributed by atoms with E-state index in [4.69, 9.17) is 9.47 Å². The van der Waals surface area contributed by atoms with Crippen molar-refractivity contribution >= 4 is 11.7 Å². The van der Waals surface area contributed by atoms with E-state index in [2.05, 4.69) is 26.1 Å². The SMILES string of the molecule is CC1CO1.CC1OC1C.O=C1CNC(=O)C1. The number of Topliss-reactive ketones (excluding diaryl/α,β-unsaturated/α-hetero) is 1. The third kappa shape index (κ3) is 6.53. The monoisotopic (exact) mass is 229 g/mol. The van der Waals surface area contributed by atoms with Crippen LogP contribution < -0.4 is 5.32 Å². The van der Waals surface area contributed by atoms with Gasteiger partial charge in [0.2, 0.25) is 5.91 Å². The van der Waals surface area contributed by atoms with Crippen molar-refractivity contribution in [3.8, 4) is 0 Å². The van der Waals surface area contributed by atoms with E-state index in [9.17, 15) is 9.59 Å². The van der Waals surface area contributed by atoms with Gasteiger partial charge in [-0.25, -0.2) is 0 Å². The molecular formula is C11H19NO4. The fraction of sp³-hybridized carbons (Fsp3) is 0.818. The van der Waals surface area contributed by atoms with Crippen molar-refractivity contribution in [3.63, 3.8) is 0 Å². The molecule has 3 aliphatic heterocycles. The molecule has 0 spiro atoms. The number of carbonyl (C=O) groups excluding carboxylic acids is 2. The lowest BCUT2D eigenvalue weighted by molar-refractivity contribution is -0.122. The van der Waals surface area contributed by atoms with Gasteiger partial charge in [0.1, 0.15) is 0 Å². The van der Waals surface area contributed by atoms with Crippen LogP contribution in [0.15, 0.2) is 0 Å². The van der Waals surface area contributed by atoms with Crippen LogP contribution in [0.2, 0.25) is 0 Å². The first kappa shape index (κ1) is 13.1. The number of carbonyl (C=O) groups is 2. The highest BCUT2D eigenvalue weighted by molar-refractivity contribution is 6.05. The van der Waals surface area contributed by atoms with Gasteiger partial charge in [-0.05, 0) is 20.8 Å². The third-order valence-electron chi connectivity index (χ3n) is 2.35. The van der Waals surface area contributed by atoms with Crippen LogP contribution in [0.4, 0.5) is 0 Å². The Morgan fingerprint density at radius 3 is 1.69 bits per heavy atom. The fourth-order valence-electron chi connectivity index (χ4n) is 0.891. The van der Waals surface area contributed by atoms with Crippen LogP contribution in [-0.2, 0) is 19.1 Å². The largest absolute Gasteiger partial charge is 0.373 e. The summed E-state index contributed by atoms with van der Waals surface area (Å²) < 4.78 is 9.62. The Kier molecular flexibility index (Phi) is 4.89. The Morgan fingerprint density at radius 1 is 1.19 bits per heavy atom. The molecular weight excluding hydrogens is 210 g/mol. The third-order valence-corrected chi connectivity index (χ3v) is 2.35. The minimum absolute atomic E-state index is 0.00926. The second-order valence-corrected chi connectivity index (χ2v) is 4.18. The number of ketones is 1. The van der Waals surface area contributed by atoms with Crippen LogP contribution in [-0.4, -0.2) is 43.2 Å². The molecule has 3 fully saturated rings. The predicted molar refractivity (Wildman–Crippen MR) is 58.1 cm³/mol. The van der Waals surface area contributed by atoms with Gasteiger partial charge >= 0.3 is 0 Å². The summed E-state index contributed by atoms with van der Waals surface area (Å²) >= 11 is 0. The summed E-state index contributed by atoms with van der Waals surface area (Å²) in [6, 6.07) is 0. The van der Waals surface area contributed by atoms with E-state index >= 15 is 0 Å². The smallest absolute Gasteiger partial charge is 0.227 e. The van der Waals surface area contributed by atoms with Crippen LogP contribution in [0.25, 0.3) is 0 Å². The maximum absolute atomic E-state index is 10.2. The van der Waals surface area contributed by atoms with E-state index in [0.29, 0.717) is 18.3 Å². The van der Waals surface area contributed by atoms with Gasteiger partial charge in [0.15, 0.2) is 5.78 Å². The van der Waals surface area contributed by atoms with Crippen LogP contribution >= 0.6 is 0 Å². The van der Waals surface area contributed by atoms with Gasteiger partial charge in [-0.2, -0.15) is 0 Å². The first-order chi connectivity index (χ1) is 7.49. The van der Waals surface area contributed by atoms with Crippen molar-refractivity contribution in [3.05, 3.63) is 0 Å². The maximum Gasteiger partial charge on any atom is 0.227 e. The van der Waals surface area contributed by atoms with Crippen molar-refractivity contribution in [1.82, 2.24) is 5.32 Å². The number of epoxide rings is 2. The van der Waals surface area contributed by atoms with Crippen molar-refractivity contribution in [2.45, 2.75) is 45.5 Å². The van der Waals surface area contributed by atoms with Crippen molar-refractivity contribution < 1.29 is 19.1 Å². The minimum Gasteiger partial charge on any atom is -0.373 e. The Labute approximate surface area is 95.5 Å². The summed E-state index contributed by atoms with van der Waals surface area (Å²) in [5.41, 5.74) is 0. The number of amides is 1. The molecule has 3 saturated heterocycles. The summed E-state index contributed by atoms with van der Waals surface area (Å²) in [6.45, 7) is 7.42. The number of hydrogen-bond donors (Lipinski definition) is 1. The maximum atomic E-state index is 10.2. The van der Waals surface area contributed by atoms with Gasteiger partial charge in [0.25, 0.3) is 0 Å². The zero-order valence-corrected chi connectivity index (χ0v) is 9.99. The van der Waals surface area contributed by atoms with E-state index in [1.54, 1.807) is 0 Å². The molecule has 1 amide bonds. The van der Waals surface area contributed by atoms with Gasteiger partial charge < -0.3 is 14.8 Å². The molecule has 1 N–H and O–H groups in total. The summed E-state index contributed by atoms with van der Waals surface area (Å²) in [7, 11) is 0. The molecule has 3 aliphatic rings.